The molecule has 3 nitrogen and oxygen atoms in total. The van der Waals surface area contributed by atoms with E-state index in [-0.39, 0.29) is 5.91 Å². The molecule has 0 saturated heterocycles. The molecule has 3 heteroatoms. The molecule has 0 heterocycles. The topological polar surface area (TPSA) is 52.9 Å². The molecule has 0 unspecified atom stereocenters. The highest BCUT2D eigenvalue weighted by Crippen LogP contribution is 2.34. The monoisotopic (exact) mass is 346 g/mol. The molecule has 1 aliphatic rings. The number of hydrogen-bond donors (Lipinski definition) is 1. The molecule has 0 aromatic heterocycles. The van der Waals surface area contributed by atoms with Crippen molar-refractivity contribution < 1.29 is 4.79 Å². The Balaban J connectivity index is 1.79. The van der Waals surface area contributed by atoms with Gasteiger partial charge >= 0.3 is 0 Å². The minimum absolute atomic E-state index is 0.0525. The number of carbonyl (C=O) groups is 1. The summed E-state index contributed by atoms with van der Waals surface area (Å²) in [4.78, 5) is 11.7. The highest BCUT2D eigenvalue weighted by molar-refractivity contribution is 5.77. The van der Waals surface area contributed by atoms with Gasteiger partial charge in [0, 0.05) is 6.42 Å². The second-order valence-corrected chi connectivity index (χ2v) is 7.58. The average Bonchev–Trinajstić information content (AvgIpc) is 3.38. The van der Waals surface area contributed by atoms with Crippen LogP contribution >= 0.6 is 0 Å². The lowest BCUT2D eigenvalue weighted by Gasteiger charge is -2.08. The van der Waals surface area contributed by atoms with Gasteiger partial charge in [0.15, 0.2) is 0 Å². The van der Waals surface area contributed by atoms with E-state index in [4.69, 9.17) is 5.26 Å². The lowest BCUT2D eigenvalue weighted by atomic mass is 10.1. The number of nitriles is 1. The first kappa shape index (κ1) is 21.7. The van der Waals surface area contributed by atoms with Crippen molar-refractivity contribution in [2.75, 3.05) is 0 Å². The number of hydrogen-bond acceptors (Lipinski definition) is 2. The summed E-state index contributed by atoms with van der Waals surface area (Å²) in [5.41, 5.74) is -0.501. The third-order valence-electron chi connectivity index (χ3n) is 5.01. The lowest BCUT2D eigenvalue weighted by molar-refractivity contribution is -0.121. The highest BCUT2D eigenvalue weighted by atomic mass is 16.1. The molecule has 1 N–H and O–H groups in total. The number of unbranched alkanes of at least 4 members (excludes halogenated alkanes) is 11. The summed E-state index contributed by atoms with van der Waals surface area (Å²) in [5.74, 6) is 0.0525. The Morgan fingerprint density at radius 2 is 1.44 bits per heavy atom. The summed E-state index contributed by atoms with van der Waals surface area (Å²) < 4.78 is 0. The van der Waals surface area contributed by atoms with Crippen molar-refractivity contribution in [2.24, 2.45) is 0 Å². The second kappa shape index (κ2) is 13.9. The van der Waals surface area contributed by atoms with Crippen LogP contribution < -0.4 is 5.32 Å². The van der Waals surface area contributed by atoms with Gasteiger partial charge < -0.3 is 5.32 Å². The molecule has 0 bridgehead atoms. The zero-order valence-electron chi connectivity index (χ0n) is 16.3. The van der Waals surface area contributed by atoms with Gasteiger partial charge in [0.25, 0.3) is 0 Å². The van der Waals surface area contributed by atoms with E-state index >= 15 is 0 Å². The van der Waals surface area contributed by atoms with Gasteiger partial charge in [0.1, 0.15) is 5.54 Å². The largest absolute Gasteiger partial charge is 0.338 e. The average molecular weight is 347 g/mol. The zero-order chi connectivity index (χ0) is 18.2. The first-order valence-electron chi connectivity index (χ1n) is 10.6. The van der Waals surface area contributed by atoms with Gasteiger partial charge in [0.2, 0.25) is 5.91 Å². The summed E-state index contributed by atoms with van der Waals surface area (Å²) in [7, 11) is 0. The molecule has 25 heavy (non-hydrogen) atoms. The fraction of sp³-hybridized carbons (Fsp3) is 0.818. The van der Waals surface area contributed by atoms with Crippen molar-refractivity contribution in [3.63, 3.8) is 0 Å². The van der Waals surface area contributed by atoms with Crippen LogP contribution in [0.4, 0.5) is 0 Å². The van der Waals surface area contributed by atoms with E-state index < -0.39 is 5.54 Å². The smallest absolute Gasteiger partial charge is 0.221 e. The van der Waals surface area contributed by atoms with Crippen LogP contribution in [0, 0.1) is 11.3 Å². The van der Waals surface area contributed by atoms with Crippen LogP contribution in [-0.2, 0) is 4.79 Å². The lowest BCUT2D eigenvalue weighted by Crippen LogP contribution is -2.35. The predicted octanol–water partition coefficient (Wildman–Crippen LogP) is 6.20. The standard InChI is InChI=1S/C22H38N2O/c1-2-3-4-5-6-7-8-9-10-11-12-13-14-15-16-17-21(25)24-22(20-23)18-19-22/h9-10H,2-8,11-19H2,1H3,(H,24,25). The highest BCUT2D eigenvalue weighted by Gasteiger charge is 2.44. The molecule has 0 aromatic rings. The van der Waals surface area contributed by atoms with E-state index in [0.717, 1.165) is 25.7 Å². The van der Waals surface area contributed by atoms with Crippen molar-refractivity contribution >= 4 is 5.91 Å². The minimum Gasteiger partial charge on any atom is -0.338 e. The maximum atomic E-state index is 11.7. The number of nitrogens with one attached hydrogen (secondary N) is 1. The number of nitrogens with zero attached hydrogens (tertiary/aromatic N) is 1. The van der Waals surface area contributed by atoms with E-state index in [2.05, 4.69) is 30.5 Å². The number of amides is 1. The quantitative estimate of drug-likeness (QED) is 0.267. The van der Waals surface area contributed by atoms with Gasteiger partial charge in [-0.3, -0.25) is 4.79 Å². The molecule has 142 valence electrons. The molecule has 0 spiro atoms. The Bertz CT molecular complexity index is 418. The molecule has 0 aromatic carbocycles. The molecule has 1 saturated carbocycles. The SMILES string of the molecule is CCCCCCCCC=CCCCCCCCC(=O)NC1(C#N)CC1. The normalized spacial score (nSPS) is 15.2. The van der Waals surface area contributed by atoms with Gasteiger partial charge in [0.05, 0.1) is 6.07 Å². The van der Waals surface area contributed by atoms with Crippen molar-refractivity contribution in [2.45, 2.75) is 115 Å². The maximum Gasteiger partial charge on any atom is 0.221 e. The van der Waals surface area contributed by atoms with Gasteiger partial charge in [-0.1, -0.05) is 70.4 Å². The fourth-order valence-corrected chi connectivity index (χ4v) is 3.08. The Labute approximate surface area is 155 Å². The minimum atomic E-state index is -0.501. The van der Waals surface area contributed by atoms with Crippen molar-refractivity contribution in [3.05, 3.63) is 12.2 Å². The van der Waals surface area contributed by atoms with Gasteiger partial charge in [-0.25, -0.2) is 0 Å². The molecular weight excluding hydrogens is 308 g/mol. The summed E-state index contributed by atoms with van der Waals surface area (Å²) in [6, 6.07) is 2.20. The molecule has 1 rings (SSSR count). The predicted molar refractivity (Wildman–Crippen MR) is 105 cm³/mol. The molecule has 1 aliphatic carbocycles. The molecule has 1 fully saturated rings. The molecule has 0 aliphatic heterocycles. The van der Waals surface area contributed by atoms with Gasteiger partial charge in [-0.15, -0.1) is 0 Å². The number of rotatable bonds is 16. The molecular formula is C22H38N2O. The van der Waals surface area contributed by atoms with Crippen LogP contribution in [0.5, 0.6) is 0 Å². The molecule has 0 radical (unpaired) electrons. The van der Waals surface area contributed by atoms with Crippen LogP contribution in [0.1, 0.15) is 110 Å². The van der Waals surface area contributed by atoms with Crippen LogP contribution in [0.15, 0.2) is 12.2 Å². The third-order valence-corrected chi connectivity index (χ3v) is 5.01. The number of carbonyl (C=O) groups excluding carboxylic acids is 1. The second-order valence-electron chi connectivity index (χ2n) is 7.58. The maximum absolute atomic E-state index is 11.7. The van der Waals surface area contributed by atoms with E-state index in [1.165, 1.54) is 70.6 Å². The molecule has 1 amide bonds. The van der Waals surface area contributed by atoms with Gasteiger partial charge in [-0.05, 0) is 44.9 Å². The fourth-order valence-electron chi connectivity index (χ4n) is 3.08. The zero-order valence-corrected chi connectivity index (χ0v) is 16.3. The summed E-state index contributed by atoms with van der Waals surface area (Å²) >= 11 is 0. The van der Waals surface area contributed by atoms with Crippen LogP contribution in [0.2, 0.25) is 0 Å². The van der Waals surface area contributed by atoms with Crippen LogP contribution in [0.3, 0.4) is 0 Å². The van der Waals surface area contributed by atoms with Crippen molar-refractivity contribution in [3.8, 4) is 6.07 Å². The van der Waals surface area contributed by atoms with Crippen molar-refractivity contribution in [1.29, 1.82) is 5.26 Å². The van der Waals surface area contributed by atoms with Crippen LogP contribution in [-0.4, -0.2) is 11.4 Å². The van der Waals surface area contributed by atoms with Crippen molar-refractivity contribution in [1.82, 2.24) is 5.32 Å². The van der Waals surface area contributed by atoms with E-state index in [0.29, 0.717) is 6.42 Å². The summed E-state index contributed by atoms with van der Waals surface area (Å²) in [5, 5.41) is 11.8. The summed E-state index contributed by atoms with van der Waals surface area (Å²) in [6.07, 6.45) is 23.4. The van der Waals surface area contributed by atoms with E-state index in [1.807, 2.05) is 0 Å². The first-order valence-corrected chi connectivity index (χ1v) is 10.6. The number of allylic oxidation sites excluding steroid dienone is 2. The Morgan fingerprint density at radius 1 is 0.920 bits per heavy atom. The van der Waals surface area contributed by atoms with E-state index in [9.17, 15) is 4.79 Å². The Morgan fingerprint density at radius 3 is 1.96 bits per heavy atom. The summed E-state index contributed by atoms with van der Waals surface area (Å²) in [6.45, 7) is 2.26. The Hall–Kier alpha value is -1.30. The first-order chi connectivity index (χ1) is 12.2. The third kappa shape index (κ3) is 11.8. The van der Waals surface area contributed by atoms with Gasteiger partial charge in [-0.2, -0.15) is 5.26 Å². The molecule has 0 atom stereocenters. The Kier molecular flexibility index (Phi) is 12.1. The van der Waals surface area contributed by atoms with E-state index in [1.54, 1.807) is 0 Å². The van der Waals surface area contributed by atoms with Crippen LogP contribution in [0.25, 0.3) is 0 Å².